The van der Waals surface area contributed by atoms with Crippen LogP contribution in [0.15, 0.2) is 59.5 Å². The van der Waals surface area contributed by atoms with Gasteiger partial charge >= 0.3 is 0 Å². The van der Waals surface area contributed by atoms with Crippen LogP contribution in [0, 0.1) is 5.82 Å². The van der Waals surface area contributed by atoms with Crippen molar-refractivity contribution in [3.05, 3.63) is 76.5 Å². The molecular weight excluding hydrogens is 425 g/mol. The van der Waals surface area contributed by atoms with E-state index in [-0.39, 0.29) is 23.3 Å². The van der Waals surface area contributed by atoms with E-state index in [1.54, 1.807) is 43.6 Å². The van der Waals surface area contributed by atoms with Gasteiger partial charge < -0.3 is 14.6 Å². The molecule has 4 aromatic rings. The molecule has 1 aliphatic rings. The molecule has 168 valence electrons. The van der Waals surface area contributed by atoms with Crippen molar-refractivity contribution in [1.29, 1.82) is 0 Å². The molecule has 9 heteroatoms. The van der Waals surface area contributed by atoms with Crippen LogP contribution in [-0.2, 0) is 4.74 Å². The zero-order chi connectivity index (χ0) is 22.9. The number of nitrogens with zero attached hydrogens (tertiary/aromatic N) is 4. The van der Waals surface area contributed by atoms with E-state index in [4.69, 9.17) is 4.74 Å². The second kappa shape index (κ2) is 8.59. The number of fused-ring (bicyclic) bond motifs is 1. The number of carbonyl (C=O) groups excluding carboxylic acids is 1. The number of aromatic nitrogens is 4. The van der Waals surface area contributed by atoms with Crippen molar-refractivity contribution in [3.8, 4) is 16.9 Å². The summed E-state index contributed by atoms with van der Waals surface area (Å²) < 4.78 is 20.4. The monoisotopic (exact) mass is 447 g/mol. The van der Waals surface area contributed by atoms with E-state index in [1.165, 1.54) is 22.9 Å². The SMILES string of the molecule is COC[C@H]1CCCN1C(=O)c1ccc(-n2cc(-c3cc4cc(F)ccc4[nH]c3=O)nn2)cc1. The summed E-state index contributed by atoms with van der Waals surface area (Å²) in [5, 5.41) is 8.80. The number of carbonyl (C=O) groups is 1. The first-order chi connectivity index (χ1) is 16.0. The van der Waals surface area contributed by atoms with Crippen LogP contribution < -0.4 is 5.56 Å². The number of amides is 1. The van der Waals surface area contributed by atoms with Gasteiger partial charge in [-0.15, -0.1) is 5.10 Å². The molecule has 1 aliphatic heterocycles. The van der Waals surface area contributed by atoms with Gasteiger partial charge in [-0.1, -0.05) is 5.21 Å². The molecule has 0 unspecified atom stereocenters. The lowest BCUT2D eigenvalue weighted by atomic mass is 10.1. The molecule has 2 aromatic heterocycles. The molecular formula is C24H22FN5O3. The number of hydrogen-bond acceptors (Lipinski definition) is 5. The Hall–Kier alpha value is -3.85. The van der Waals surface area contributed by atoms with Gasteiger partial charge in [0.2, 0.25) is 0 Å². The maximum atomic E-state index is 13.6. The molecule has 2 aromatic carbocycles. The number of methoxy groups -OCH3 is 1. The summed E-state index contributed by atoms with van der Waals surface area (Å²) in [6.45, 7) is 1.26. The van der Waals surface area contributed by atoms with E-state index in [2.05, 4.69) is 15.3 Å². The minimum Gasteiger partial charge on any atom is -0.383 e. The van der Waals surface area contributed by atoms with Crippen LogP contribution in [0.2, 0.25) is 0 Å². The third kappa shape index (κ3) is 4.03. The molecule has 1 atom stereocenters. The fourth-order valence-corrected chi connectivity index (χ4v) is 4.27. The van der Waals surface area contributed by atoms with E-state index >= 15 is 0 Å². The Kier molecular flexibility index (Phi) is 5.47. The Morgan fingerprint density at radius 3 is 2.82 bits per heavy atom. The Bertz CT molecular complexity index is 1380. The molecule has 8 nitrogen and oxygen atoms in total. The second-order valence-corrected chi connectivity index (χ2v) is 8.09. The lowest BCUT2D eigenvalue weighted by Crippen LogP contribution is -2.38. The third-order valence-corrected chi connectivity index (χ3v) is 5.95. The molecule has 33 heavy (non-hydrogen) atoms. The Morgan fingerprint density at radius 1 is 1.21 bits per heavy atom. The van der Waals surface area contributed by atoms with Crippen molar-refractivity contribution in [2.75, 3.05) is 20.3 Å². The molecule has 0 bridgehead atoms. The normalized spacial score (nSPS) is 15.9. The van der Waals surface area contributed by atoms with Gasteiger partial charge in [-0.25, -0.2) is 9.07 Å². The first kappa shape index (κ1) is 21.0. The maximum Gasteiger partial charge on any atom is 0.258 e. The lowest BCUT2D eigenvalue weighted by molar-refractivity contribution is 0.0630. The van der Waals surface area contributed by atoms with Crippen LogP contribution in [-0.4, -0.2) is 57.1 Å². The van der Waals surface area contributed by atoms with Crippen molar-refractivity contribution in [1.82, 2.24) is 24.9 Å². The van der Waals surface area contributed by atoms with Gasteiger partial charge in [0.1, 0.15) is 11.5 Å². The summed E-state index contributed by atoms with van der Waals surface area (Å²) in [4.78, 5) is 30.0. The van der Waals surface area contributed by atoms with Crippen LogP contribution in [0.4, 0.5) is 4.39 Å². The van der Waals surface area contributed by atoms with Gasteiger partial charge in [0.25, 0.3) is 11.5 Å². The molecule has 0 saturated carbocycles. The summed E-state index contributed by atoms with van der Waals surface area (Å²) in [7, 11) is 1.65. The predicted molar refractivity (Wildman–Crippen MR) is 121 cm³/mol. The topological polar surface area (TPSA) is 93.1 Å². The van der Waals surface area contributed by atoms with Crippen molar-refractivity contribution in [3.63, 3.8) is 0 Å². The number of H-pyrrole nitrogens is 1. The molecule has 1 amide bonds. The molecule has 1 fully saturated rings. The van der Waals surface area contributed by atoms with Crippen LogP contribution >= 0.6 is 0 Å². The van der Waals surface area contributed by atoms with E-state index in [1.807, 2.05) is 4.90 Å². The molecule has 0 aliphatic carbocycles. The Morgan fingerprint density at radius 2 is 2.03 bits per heavy atom. The number of pyridine rings is 1. The second-order valence-electron chi connectivity index (χ2n) is 8.09. The zero-order valence-corrected chi connectivity index (χ0v) is 18.0. The predicted octanol–water partition coefficient (Wildman–Crippen LogP) is 3.17. The van der Waals surface area contributed by atoms with Gasteiger partial charge in [0.05, 0.1) is 30.1 Å². The highest BCUT2D eigenvalue weighted by molar-refractivity contribution is 5.94. The van der Waals surface area contributed by atoms with E-state index in [0.717, 1.165) is 19.4 Å². The van der Waals surface area contributed by atoms with Crippen molar-refractivity contribution < 1.29 is 13.9 Å². The van der Waals surface area contributed by atoms with Crippen LogP contribution in [0.5, 0.6) is 0 Å². The number of halogens is 1. The highest BCUT2D eigenvalue weighted by atomic mass is 19.1. The third-order valence-electron chi connectivity index (χ3n) is 5.95. The molecule has 5 rings (SSSR count). The van der Waals surface area contributed by atoms with Gasteiger partial charge in [-0.05, 0) is 61.4 Å². The largest absolute Gasteiger partial charge is 0.383 e. The quantitative estimate of drug-likeness (QED) is 0.507. The van der Waals surface area contributed by atoms with Gasteiger partial charge in [0, 0.05) is 30.1 Å². The van der Waals surface area contributed by atoms with Crippen molar-refractivity contribution >= 4 is 16.8 Å². The summed E-state index contributed by atoms with van der Waals surface area (Å²) in [6, 6.07) is 13.0. The summed E-state index contributed by atoms with van der Waals surface area (Å²) in [6.07, 6.45) is 3.54. The highest BCUT2D eigenvalue weighted by Crippen LogP contribution is 2.22. The van der Waals surface area contributed by atoms with Crippen molar-refractivity contribution in [2.45, 2.75) is 18.9 Å². The van der Waals surface area contributed by atoms with E-state index in [9.17, 15) is 14.0 Å². The summed E-state index contributed by atoms with van der Waals surface area (Å²) in [5.74, 6) is -0.406. The highest BCUT2D eigenvalue weighted by Gasteiger charge is 2.29. The molecule has 0 spiro atoms. The number of likely N-dealkylation sites (tertiary alicyclic amines) is 1. The van der Waals surface area contributed by atoms with Gasteiger partial charge in [-0.2, -0.15) is 0 Å². The number of aromatic amines is 1. The van der Waals surface area contributed by atoms with Crippen LogP contribution in [0.1, 0.15) is 23.2 Å². The molecule has 0 radical (unpaired) electrons. The lowest BCUT2D eigenvalue weighted by Gasteiger charge is -2.24. The Balaban J connectivity index is 1.39. The average molecular weight is 447 g/mol. The van der Waals surface area contributed by atoms with Crippen LogP contribution in [0.25, 0.3) is 27.8 Å². The average Bonchev–Trinajstić information content (AvgIpc) is 3.49. The standard InChI is InChI=1S/C24H22FN5O3/c1-33-14-19-3-2-10-29(19)24(32)15-4-7-18(8-5-15)30-13-22(27-28-30)20-12-16-11-17(25)6-9-21(16)26-23(20)31/h4-9,11-13,19H,2-3,10,14H2,1H3,(H,26,31)/t19-/m1/s1. The smallest absolute Gasteiger partial charge is 0.258 e. The number of nitrogens with one attached hydrogen (secondary N) is 1. The van der Waals surface area contributed by atoms with E-state index < -0.39 is 0 Å². The fraction of sp³-hybridized carbons (Fsp3) is 0.250. The Labute approximate surface area is 188 Å². The molecule has 3 heterocycles. The fourth-order valence-electron chi connectivity index (χ4n) is 4.27. The summed E-state index contributed by atoms with van der Waals surface area (Å²) >= 11 is 0. The minimum absolute atomic E-state index is 0.0182. The molecule has 1 N–H and O–H groups in total. The zero-order valence-electron chi connectivity index (χ0n) is 18.0. The number of ether oxygens (including phenoxy) is 1. The van der Waals surface area contributed by atoms with Crippen molar-refractivity contribution in [2.24, 2.45) is 0 Å². The van der Waals surface area contributed by atoms with Gasteiger partial charge in [-0.3, -0.25) is 9.59 Å². The molecule has 1 saturated heterocycles. The first-order valence-electron chi connectivity index (χ1n) is 10.7. The summed E-state index contributed by atoms with van der Waals surface area (Å²) in [5.41, 5.74) is 2.16. The van der Waals surface area contributed by atoms with Crippen LogP contribution in [0.3, 0.4) is 0 Å². The number of hydrogen-bond donors (Lipinski definition) is 1. The number of rotatable bonds is 5. The van der Waals surface area contributed by atoms with E-state index in [0.29, 0.717) is 40.0 Å². The first-order valence-corrected chi connectivity index (χ1v) is 10.7. The van der Waals surface area contributed by atoms with Gasteiger partial charge in [0.15, 0.2) is 0 Å². The minimum atomic E-state index is -0.388. The maximum absolute atomic E-state index is 13.6. The number of benzene rings is 2.